The van der Waals surface area contributed by atoms with Gasteiger partial charge in [-0.25, -0.2) is 0 Å². The molecule has 1 rings (SSSR count). The summed E-state index contributed by atoms with van der Waals surface area (Å²) in [5.41, 5.74) is 0. The molecule has 0 amide bonds. The van der Waals surface area contributed by atoms with Crippen LogP contribution in [0.5, 0.6) is 0 Å². The Morgan fingerprint density at radius 1 is 1.00 bits per heavy atom. The molecule has 1 saturated carbocycles. The molecule has 1 atom stereocenters. The summed E-state index contributed by atoms with van der Waals surface area (Å²) >= 11 is 0. The van der Waals surface area contributed by atoms with Gasteiger partial charge in [0.1, 0.15) is 0 Å². The highest BCUT2D eigenvalue weighted by molar-refractivity contribution is 4.78. The Morgan fingerprint density at radius 3 is 2.33 bits per heavy atom. The second-order valence-corrected chi connectivity index (χ2v) is 5.71. The molecule has 1 fully saturated rings. The molecule has 1 N–H and O–H groups in total. The summed E-state index contributed by atoms with van der Waals surface area (Å²) in [6.45, 7) is 7.45. The van der Waals surface area contributed by atoms with Gasteiger partial charge in [0.05, 0.1) is 0 Å². The van der Waals surface area contributed by atoms with Crippen LogP contribution in [-0.4, -0.2) is 25.8 Å². The van der Waals surface area contributed by atoms with E-state index in [-0.39, 0.29) is 0 Å². The molecule has 2 heteroatoms. The van der Waals surface area contributed by atoms with Gasteiger partial charge in [0.15, 0.2) is 0 Å². The van der Waals surface area contributed by atoms with E-state index in [1.165, 1.54) is 51.4 Å². The van der Waals surface area contributed by atoms with E-state index < -0.39 is 0 Å². The molecule has 1 aliphatic carbocycles. The number of nitrogens with one attached hydrogen (secondary N) is 1. The maximum Gasteiger partial charge on any atom is 0.0480 e. The number of ether oxygens (including phenoxy) is 1. The van der Waals surface area contributed by atoms with Crippen molar-refractivity contribution in [2.75, 3.05) is 19.8 Å². The molecule has 1 unspecified atom stereocenters. The molecule has 0 bridgehead atoms. The van der Waals surface area contributed by atoms with Crippen LogP contribution in [0.25, 0.3) is 0 Å². The highest BCUT2D eigenvalue weighted by atomic mass is 16.5. The van der Waals surface area contributed by atoms with Crippen molar-refractivity contribution in [2.45, 2.75) is 77.7 Å². The zero-order chi connectivity index (χ0) is 13.1. The largest absolute Gasteiger partial charge is 0.381 e. The maximum atomic E-state index is 5.68. The normalized spacial score (nSPS) is 19.7. The van der Waals surface area contributed by atoms with Gasteiger partial charge in [-0.05, 0) is 44.6 Å². The van der Waals surface area contributed by atoms with Crippen LogP contribution in [0.4, 0.5) is 0 Å². The van der Waals surface area contributed by atoms with Crippen LogP contribution < -0.4 is 5.32 Å². The van der Waals surface area contributed by atoms with Crippen LogP contribution >= 0.6 is 0 Å². The lowest BCUT2D eigenvalue weighted by molar-refractivity contribution is 0.115. The third-order valence-electron chi connectivity index (χ3n) is 4.05. The van der Waals surface area contributed by atoms with Gasteiger partial charge in [0, 0.05) is 19.3 Å². The molecule has 0 aromatic rings. The molecule has 0 saturated heterocycles. The lowest BCUT2D eigenvalue weighted by atomic mass is 9.90. The molecule has 0 aromatic carbocycles. The smallest absolute Gasteiger partial charge is 0.0480 e. The van der Waals surface area contributed by atoms with E-state index in [1.54, 1.807) is 0 Å². The zero-order valence-corrected chi connectivity index (χ0v) is 12.5. The summed E-state index contributed by atoms with van der Waals surface area (Å²) in [6.07, 6.45) is 12.2. The number of rotatable bonds is 9. The fraction of sp³-hybridized carbons (Fsp3) is 1.00. The van der Waals surface area contributed by atoms with Gasteiger partial charge in [-0.15, -0.1) is 0 Å². The SMILES string of the molecule is CCCNC(CCOCCC)C1CCCCCC1. The minimum atomic E-state index is 0.694. The minimum Gasteiger partial charge on any atom is -0.381 e. The molecular formula is C16H33NO. The van der Waals surface area contributed by atoms with Crippen LogP contribution in [0.3, 0.4) is 0 Å². The van der Waals surface area contributed by atoms with Gasteiger partial charge in [0.25, 0.3) is 0 Å². The van der Waals surface area contributed by atoms with E-state index >= 15 is 0 Å². The summed E-state index contributed by atoms with van der Waals surface area (Å²) in [5, 5.41) is 3.76. The summed E-state index contributed by atoms with van der Waals surface area (Å²) in [4.78, 5) is 0. The first-order valence-electron chi connectivity index (χ1n) is 8.19. The molecule has 0 spiro atoms. The lowest BCUT2D eigenvalue weighted by Crippen LogP contribution is -2.37. The van der Waals surface area contributed by atoms with Crippen LogP contribution in [0.15, 0.2) is 0 Å². The van der Waals surface area contributed by atoms with Crippen LogP contribution in [0, 0.1) is 5.92 Å². The van der Waals surface area contributed by atoms with Gasteiger partial charge < -0.3 is 10.1 Å². The molecule has 2 nitrogen and oxygen atoms in total. The molecular weight excluding hydrogens is 222 g/mol. The third-order valence-corrected chi connectivity index (χ3v) is 4.05. The summed E-state index contributed by atoms with van der Waals surface area (Å²) in [5.74, 6) is 0.893. The lowest BCUT2D eigenvalue weighted by Gasteiger charge is -2.27. The van der Waals surface area contributed by atoms with Crippen LogP contribution in [-0.2, 0) is 4.74 Å². The predicted octanol–water partition coefficient (Wildman–Crippen LogP) is 4.14. The van der Waals surface area contributed by atoms with Crippen molar-refractivity contribution in [3.05, 3.63) is 0 Å². The van der Waals surface area contributed by atoms with Crippen molar-refractivity contribution < 1.29 is 4.74 Å². The Kier molecular flexibility index (Phi) is 9.59. The summed E-state index contributed by atoms with van der Waals surface area (Å²) in [7, 11) is 0. The van der Waals surface area contributed by atoms with Crippen molar-refractivity contribution in [2.24, 2.45) is 5.92 Å². The van der Waals surface area contributed by atoms with Crippen molar-refractivity contribution >= 4 is 0 Å². The van der Waals surface area contributed by atoms with Gasteiger partial charge in [-0.3, -0.25) is 0 Å². The molecule has 0 aromatic heterocycles. The Labute approximate surface area is 114 Å². The third kappa shape index (κ3) is 6.75. The standard InChI is InChI=1S/C16H33NO/c1-3-12-17-16(11-14-18-13-4-2)15-9-7-5-6-8-10-15/h15-17H,3-14H2,1-2H3. The summed E-state index contributed by atoms with van der Waals surface area (Å²) in [6, 6.07) is 0.694. The minimum absolute atomic E-state index is 0.694. The van der Waals surface area contributed by atoms with Crippen molar-refractivity contribution in [1.82, 2.24) is 5.32 Å². The topological polar surface area (TPSA) is 21.3 Å². The molecule has 1 aliphatic rings. The highest BCUT2D eigenvalue weighted by Gasteiger charge is 2.21. The van der Waals surface area contributed by atoms with Crippen LogP contribution in [0.1, 0.15) is 71.6 Å². The Hall–Kier alpha value is -0.0800. The zero-order valence-electron chi connectivity index (χ0n) is 12.5. The Balaban J connectivity index is 2.31. The maximum absolute atomic E-state index is 5.68. The Bertz CT molecular complexity index is 176. The van der Waals surface area contributed by atoms with Gasteiger partial charge in [-0.2, -0.15) is 0 Å². The Morgan fingerprint density at radius 2 is 1.72 bits per heavy atom. The van der Waals surface area contributed by atoms with Gasteiger partial charge in [-0.1, -0.05) is 39.5 Å². The predicted molar refractivity (Wildman–Crippen MR) is 79.0 cm³/mol. The van der Waals surface area contributed by atoms with E-state index in [4.69, 9.17) is 4.74 Å². The molecule has 18 heavy (non-hydrogen) atoms. The second kappa shape index (κ2) is 10.8. The van der Waals surface area contributed by atoms with Gasteiger partial charge >= 0.3 is 0 Å². The van der Waals surface area contributed by atoms with E-state index in [2.05, 4.69) is 19.2 Å². The quantitative estimate of drug-likeness (QED) is 0.494. The first kappa shape index (κ1) is 16.0. The van der Waals surface area contributed by atoms with Gasteiger partial charge in [0.2, 0.25) is 0 Å². The monoisotopic (exact) mass is 255 g/mol. The average molecular weight is 255 g/mol. The van der Waals surface area contributed by atoms with Crippen molar-refractivity contribution in [3.8, 4) is 0 Å². The van der Waals surface area contributed by atoms with E-state index in [9.17, 15) is 0 Å². The number of hydrogen-bond donors (Lipinski definition) is 1. The van der Waals surface area contributed by atoms with Crippen molar-refractivity contribution in [3.63, 3.8) is 0 Å². The summed E-state index contributed by atoms with van der Waals surface area (Å²) < 4.78 is 5.68. The first-order valence-corrected chi connectivity index (χ1v) is 8.19. The molecule has 0 radical (unpaired) electrons. The van der Waals surface area contributed by atoms with Crippen LogP contribution in [0.2, 0.25) is 0 Å². The molecule has 108 valence electrons. The first-order chi connectivity index (χ1) is 8.88. The molecule has 0 aliphatic heterocycles. The average Bonchev–Trinajstić information content (AvgIpc) is 2.67. The fourth-order valence-corrected chi connectivity index (χ4v) is 3.00. The van der Waals surface area contributed by atoms with Crippen molar-refractivity contribution in [1.29, 1.82) is 0 Å². The van der Waals surface area contributed by atoms with E-state index in [1.807, 2.05) is 0 Å². The van der Waals surface area contributed by atoms with E-state index in [0.29, 0.717) is 6.04 Å². The fourth-order valence-electron chi connectivity index (χ4n) is 3.00. The molecule has 0 heterocycles. The van der Waals surface area contributed by atoms with E-state index in [0.717, 1.165) is 32.1 Å². The second-order valence-electron chi connectivity index (χ2n) is 5.71. The highest BCUT2D eigenvalue weighted by Crippen LogP contribution is 2.26. The number of hydrogen-bond acceptors (Lipinski definition) is 2.